The zero-order chi connectivity index (χ0) is 17.0. The largest absolute Gasteiger partial charge is 0.327 e. The van der Waals surface area contributed by atoms with E-state index in [-0.39, 0.29) is 0 Å². The quantitative estimate of drug-likeness (QED) is 0.170. The highest BCUT2D eigenvalue weighted by molar-refractivity contribution is 7.44. The molecule has 0 rings (SSSR count). The van der Waals surface area contributed by atoms with Gasteiger partial charge in [-0.3, -0.25) is 0 Å². The standard InChI is InChI=1S/C21H45OP/c1-3-5-6-7-8-9-10-11-12-13-14-15-16-17-18-19-21-23(22)20-4-2/h23H,3-21H2,1-2H3. The van der Waals surface area contributed by atoms with Crippen LogP contribution in [0.1, 0.15) is 123 Å². The van der Waals surface area contributed by atoms with Gasteiger partial charge in [-0.2, -0.15) is 0 Å². The van der Waals surface area contributed by atoms with E-state index in [0.717, 1.165) is 18.7 Å². The van der Waals surface area contributed by atoms with Gasteiger partial charge in [-0.25, -0.2) is 0 Å². The van der Waals surface area contributed by atoms with E-state index < -0.39 is 7.80 Å². The van der Waals surface area contributed by atoms with Gasteiger partial charge in [0.1, 0.15) is 0 Å². The van der Waals surface area contributed by atoms with Crippen LogP contribution in [0.4, 0.5) is 0 Å². The lowest BCUT2D eigenvalue weighted by Crippen LogP contribution is -1.85. The third kappa shape index (κ3) is 20.2. The first-order chi connectivity index (χ1) is 11.3. The maximum atomic E-state index is 11.6. The summed E-state index contributed by atoms with van der Waals surface area (Å²) >= 11 is 0. The summed E-state index contributed by atoms with van der Waals surface area (Å²) in [6.07, 6.45) is 25.6. The highest BCUT2D eigenvalue weighted by Crippen LogP contribution is 2.23. The van der Waals surface area contributed by atoms with Crippen molar-refractivity contribution in [2.24, 2.45) is 0 Å². The summed E-state index contributed by atoms with van der Waals surface area (Å²) < 4.78 is 11.6. The van der Waals surface area contributed by atoms with Crippen molar-refractivity contribution in [1.82, 2.24) is 0 Å². The van der Waals surface area contributed by atoms with Crippen molar-refractivity contribution >= 4 is 7.80 Å². The molecule has 0 fully saturated rings. The molecule has 0 aliphatic carbocycles. The van der Waals surface area contributed by atoms with Crippen molar-refractivity contribution < 1.29 is 4.57 Å². The van der Waals surface area contributed by atoms with Crippen LogP contribution in [0.15, 0.2) is 0 Å². The molecular formula is C21H45OP. The van der Waals surface area contributed by atoms with Gasteiger partial charge in [0.25, 0.3) is 0 Å². The second-order valence-corrected chi connectivity index (χ2v) is 9.42. The zero-order valence-corrected chi connectivity index (χ0v) is 17.3. The molecule has 0 saturated carbocycles. The molecule has 0 saturated heterocycles. The summed E-state index contributed by atoms with van der Waals surface area (Å²) in [6, 6.07) is 0. The lowest BCUT2D eigenvalue weighted by atomic mass is 10.0. The molecule has 2 heteroatoms. The summed E-state index contributed by atoms with van der Waals surface area (Å²) in [5.41, 5.74) is 0. The Hall–Kier alpha value is 0.230. The highest BCUT2D eigenvalue weighted by Gasteiger charge is 1.98. The first-order valence-corrected chi connectivity index (χ1v) is 12.6. The van der Waals surface area contributed by atoms with Crippen LogP contribution in [0.5, 0.6) is 0 Å². The van der Waals surface area contributed by atoms with Gasteiger partial charge >= 0.3 is 0 Å². The second kappa shape index (κ2) is 20.3. The Morgan fingerprint density at radius 2 is 0.783 bits per heavy atom. The Labute approximate surface area is 148 Å². The van der Waals surface area contributed by atoms with Crippen LogP contribution in [0.25, 0.3) is 0 Å². The SMILES string of the molecule is CCCCCCCCCCCCCCCCCC[PH](=O)CCC. The van der Waals surface area contributed by atoms with Crippen LogP contribution in [0.3, 0.4) is 0 Å². The lowest BCUT2D eigenvalue weighted by Gasteiger charge is -2.04. The lowest BCUT2D eigenvalue weighted by molar-refractivity contribution is 0.531. The van der Waals surface area contributed by atoms with E-state index in [1.807, 2.05) is 0 Å². The molecule has 0 heterocycles. The average molecular weight is 345 g/mol. The predicted molar refractivity (Wildman–Crippen MR) is 109 cm³/mol. The van der Waals surface area contributed by atoms with Gasteiger partial charge < -0.3 is 4.57 Å². The maximum absolute atomic E-state index is 11.6. The van der Waals surface area contributed by atoms with Gasteiger partial charge in [-0.15, -0.1) is 0 Å². The van der Waals surface area contributed by atoms with Gasteiger partial charge in [0.05, 0.1) is 7.80 Å². The minimum Gasteiger partial charge on any atom is -0.327 e. The average Bonchev–Trinajstić information content (AvgIpc) is 2.54. The van der Waals surface area contributed by atoms with Crippen LogP contribution in [0, 0.1) is 0 Å². The molecule has 0 spiro atoms. The molecule has 0 aliphatic heterocycles. The van der Waals surface area contributed by atoms with Crippen LogP contribution in [-0.2, 0) is 4.57 Å². The number of unbranched alkanes of at least 4 members (excludes halogenated alkanes) is 15. The van der Waals surface area contributed by atoms with Crippen molar-refractivity contribution in [3.05, 3.63) is 0 Å². The molecule has 0 aromatic carbocycles. The van der Waals surface area contributed by atoms with E-state index in [1.165, 1.54) is 103 Å². The van der Waals surface area contributed by atoms with Crippen LogP contribution in [-0.4, -0.2) is 12.3 Å². The van der Waals surface area contributed by atoms with E-state index >= 15 is 0 Å². The molecule has 140 valence electrons. The second-order valence-electron chi connectivity index (χ2n) is 7.34. The molecule has 0 bridgehead atoms. The molecule has 0 amide bonds. The smallest absolute Gasteiger partial charge is 0.0762 e. The van der Waals surface area contributed by atoms with Gasteiger partial charge in [0, 0.05) is 0 Å². The van der Waals surface area contributed by atoms with Gasteiger partial charge in [-0.05, 0) is 25.2 Å². The molecule has 0 aromatic heterocycles. The van der Waals surface area contributed by atoms with E-state index in [1.54, 1.807) is 0 Å². The molecule has 1 atom stereocenters. The topological polar surface area (TPSA) is 17.1 Å². The Morgan fingerprint density at radius 3 is 1.13 bits per heavy atom. The maximum Gasteiger partial charge on any atom is 0.0762 e. The third-order valence-electron chi connectivity index (χ3n) is 4.84. The summed E-state index contributed by atoms with van der Waals surface area (Å²) in [5.74, 6) is 0. The van der Waals surface area contributed by atoms with Crippen LogP contribution < -0.4 is 0 Å². The van der Waals surface area contributed by atoms with Crippen LogP contribution in [0.2, 0.25) is 0 Å². The number of rotatable bonds is 19. The Kier molecular flexibility index (Phi) is 20.5. The molecule has 0 aromatic rings. The van der Waals surface area contributed by atoms with Crippen molar-refractivity contribution in [3.63, 3.8) is 0 Å². The fourth-order valence-corrected chi connectivity index (χ4v) is 4.73. The monoisotopic (exact) mass is 344 g/mol. The van der Waals surface area contributed by atoms with Gasteiger partial charge in [-0.1, -0.05) is 110 Å². The summed E-state index contributed by atoms with van der Waals surface area (Å²) in [6.45, 7) is 4.42. The minimum atomic E-state index is -1.21. The van der Waals surface area contributed by atoms with Crippen molar-refractivity contribution in [2.75, 3.05) is 12.3 Å². The fraction of sp³-hybridized carbons (Fsp3) is 1.00. The molecule has 23 heavy (non-hydrogen) atoms. The Morgan fingerprint density at radius 1 is 0.435 bits per heavy atom. The predicted octanol–water partition coefficient (Wildman–Crippen LogP) is 8.22. The van der Waals surface area contributed by atoms with E-state index in [2.05, 4.69) is 13.8 Å². The molecule has 0 N–H and O–H groups in total. The Bertz CT molecular complexity index is 240. The minimum absolute atomic E-state index is 0.976. The summed E-state index contributed by atoms with van der Waals surface area (Å²) in [5, 5.41) is 0. The first-order valence-electron chi connectivity index (χ1n) is 10.8. The van der Waals surface area contributed by atoms with Crippen LogP contribution >= 0.6 is 7.80 Å². The normalized spacial score (nSPS) is 12.6. The number of hydrogen-bond donors (Lipinski definition) is 0. The fourth-order valence-electron chi connectivity index (χ4n) is 3.27. The van der Waals surface area contributed by atoms with E-state index in [0.29, 0.717) is 0 Å². The zero-order valence-electron chi connectivity index (χ0n) is 16.3. The van der Waals surface area contributed by atoms with Crippen molar-refractivity contribution in [2.45, 2.75) is 123 Å². The van der Waals surface area contributed by atoms with E-state index in [4.69, 9.17) is 0 Å². The van der Waals surface area contributed by atoms with Gasteiger partial charge in [0.15, 0.2) is 0 Å². The Balaban J connectivity index is 3.01. The molecular weight excluding hydrogens is 299 g/mol. The third-order valence-corrected chi connectivity index (χ3v) is 6.81. The van der Waals surface area contributed by atoms with E-state index in [9.17, 15) is 4.57 Å². The molecule has 0 radical (unpaired) electrons. The highest BCUT2D eigenvalue weighted by atomic mass is 31.1. The molecule has 1 nitrogen and oxygen atoms in total. The van der Waals surface area contributed by atoms with Gasteiger partial charge in [0.2, 0.25) is 0 Å². The van der Waals surface area contributed by atoms with Crippen molar-refractivity contribution in [1.29, 1.82) is 0 Å². The van der Waals surface area contributed by atoms with Crippen molar-refractivity contribution in [3.8, 4) is 0 Å². The first kappa shape index (κ1) is 23.2. The molecule has 0 aliphatic rings. The summed E-state index contributed by atoms with van der Waals surface area (Å²) in [7, 11) is -1.21. The molecule has 1 unspecified atom stereocenters. The summed E-state index contributed by atoms with van der Waals surface area (Å²) in [4.78, 5) is 0. The number of hydrogen-bond acceptors (Lipinski definition) is 1.